The van der Waals surface area contributed by atoms with Crippen LogP contribution < -0.4 is 5.32 Å². The van der Waals surface area contributed by atoms with Gasteiger partial charge in [0.2, 0.25) is 0 Å². The van der Waals surface area contributed by atoms with Gasteiger partial charge in [0.25, 0.3) is 5.91 Å². The lowest BCUT2D eigenvalue weighted by Gasteiger charge is -2.27. The molecule has 4 nitrogen and oxygen atoms in total. The van der Waals surface area contributed by atoms with Crippen LogP contribution in [0.25, 0.3) is 0 Å². The fraction of sp³-hybridized carbons (Fsp3) is 0.467. The van der Waals surface area contributed by atoms with Crippen molar-refractivity contribution in [1.29, 1.82) is 0 Å². The van der Waals surface area contributed by atoms with Crippen molar-refractivity contribution in [2.75, 3.05) is 12.4 Å². The Morgan fingerprint density at radius 1 is 1.25 bits per heavy atom. The number of hydrogen-bond donors (Lipinski definition) is 1. The molecule has 0 spiro atoms. The molecule has 5 heteroatoms. The molecule has 1 aromatic rings. The number of benzene rings is 1. The molecule has 1 aromatic carbocycles. The standard InChI is InChI=1S/C15H17ClN2O2/c16-9-4-10-18-13(19)15(12-7-8-12,17-14(18)20)11-5-2-1-3-6-11/h1-3,5-6,12H,4,7-10H2,(H,17,20). The largest absolute Gasteiger partial charge is 0.325 e. The van der Waals surface area contributed by atoms with Crippen LogP contribution >= 0.6 is 11.6 Å². The SMILES string of the molecule is O=C1NC(c2ccccc2)(C2CC2)C(=O)N1CCCCl. The minimum atomic E-state index is -0.856. The van der Waals surface area contributed by atoms with Gasteiger partial charge < -0.3 is 5.32 Å². The molecule has 1 heterocycles. The molecule has 3 rings (SSSR count). The second kappa shape index (κ2) is 5.09. The normalized spacial score (nSPS) is 25.9. The Labute approximate surface area is 123 Å². The first-order chi connectivity index (χ1) is 9.70. The quantitative estimate of drug-likeness (QED) is 0.669. The number of alkyl halides is 1. The van der Waals surface area contributed by atoms with Crippen LogP contribution in [0.1, 0.15) is 24.8 Å². The summed E-state index contributed by atoms with van der Waals surface area (Å²) in [6.07, 6.45) is 2.57. The van der Waals surface area contributed by atoms with Crippen LogP contribution in [0.5, 0.6) is 0 Å². The molecule has 1 aliphatic heterocycles. The summed E-state index contributed by atoms with van der Waals surface area (Å²) in [7, 11) is 0. The lowest BCUT2D eigenvalue weighted by Crippen LogP contribution is -2.46. The summed E-state index contributed by atoms with van der Waals surface area (Å²) in [4.78, 5) is 26.3. The summed E-state index contributed by atoms with van der Waals surface area (Å²) in [5.74, 6) is 0.530. The molecule has 1 N–H and O–H groups in total. The van der Waals surface area contributed by atoms with Crippen LogP contribution in [0.3, 0.4) is 0 Å². The van der Waals surface area contributed by atoms with E-state index in [1.807, 2.05) is 30.3 Å². The first kappa shape index (κ1) is 13.4. The van der Waals surface area contributed by atoms with Crippen molar-refractivity contribution in [2.45, 2.75) is 24.8 Å². The van der Waals surface area contributed by atoms with Crippen LogP contribution in [0, 0.1) is 5.92 Å². The number of amides is 3. The van der Waals surface area contributed by atoms with Gasteiger partial charge in [0, 0.05) is 12.4 Å². The van der Waals surface area contributed by atoms with Gasteiger partial charge in [-0.15, -0.1) is 11.6 Å². The van der Waals surface area contributed by atoms with E-state index < -0.39 is 5.54 Å². The fourth-order valence-corrected chi connectivity index (χ4v) is 3.06. The maximum absolute atomic E-state index is 12.8. The van der Waals surface area contributed by atoms with Crippen molar-refractivity contribution >= 4 is 23.5 Å². The van der Waals surface area contributed by atoms with Crippen molar-refractivity contribution in [3.05, 3.63) is 35.9 Å². The molecule has 20 heavy (non-hydrogen) atoms. The summed E-state index contributed by atoms with van der Waals surface area (Å²) in [6, 6.07) is 9.26. The summed E-state index contributed by atoms with van der Waals surface area (Å²) < 4.78 is 0. The highest BCUT2D eigenvalue weighted by Crippen LogP contribution is 2.48. The van der Waals surface area contributed by atoms with Crippen molar-refractivity contribution < 1.29 is 9.59 Å². The number of nitrogens with one attached hydrogen (secondary N) is 1. The number of imide groups is 1. The zero-order valence-corrected chi connectivity index (χ0v) is 11.9. The van der Waals surface area contributed by atoms with Crippen LogP contribution in [-0.2, 0) is 10.3 Å². The highest BCUT2D eigenvalue weighted by molar-refractivity contribution is 6.17. The van der Waals surface area contributed by atoms with Gasteiger partial charge in [-0.05, 0) is 30.7 Å². The Kier molecular flexibility index (Phi) is 3.42. The van der Waals surface area contributed by atoms with Gasteiger partial charge in [-0.1, -0.05) is 30.3 Å². The van der Waals surface area contributed by atoms with Gasteiger partial charge in [0.05, 0.1) is 0 Å². The number of urea groups is 1. The first-order valence-corrected chi connectivity index (χ1v) is 7.49. The first-order valence-electron chi connectivity index (χ1n) is 6.95. The second-order valence-electron chi connectivity index (χ2n) is 5.38. The van der Waals surface area contributed by atoms with E-state index in [4.69, 9.17) is 11.6 Å². The third-order valence-corrected chi connectivity index (χ3v) is 4.33. The number of carbonyl (C=O) groups is 2. The smallest absolute Gasteiger partial charge is 0.319 e. The fourth-order valence-electron chi connectivity index (χ4n) is 2.94. The van der Waals surface area contributed by atoms with E-state index in [1.165, 1.54) is 4.90 Å². The van der Waals surface area contributed by atoms with E-state index in [1.54, 1.807) is 0 Å². The van der Waals surface area contributed by atoms with Crippen LogP contribution in [0.15, 0.2) is 30.3 Å². The van der Waals surface area contributed by atoms with E-state index in [-0.39, 0.29) is 17.9 Å². The molecule has 2 aliphatic rings. The van der Waals surface area contributed by atoms with E-state index in [9.17, 15) is 9.59 Å². The topological polar surface area (TPSA) is 49.4 Å². The molecule has 3 amide bonds. The third-order valence-electron chi connectivity index (χ3n) is 4.07. The van der Waals surface area contributed by atoms with Gasteiger partial charge in [-0.2, -0.15) is 0 Å². The highest BCUT2D eigenvalue weighted by atomic mass is 35.5. The third kappa shape index (κ3) is 1.99. The van der Waals surface area contributed by atoms with Crippen molar-refractivity contribution in [3.63, 3.8) is 0 Å². The number of hydrogen-bond acceptors (Lipinski definition) is 2. The van der Waals surface area contributed by atoms with E-state index in [0.29, 0.717) is 18.8 Å². The summed E-state index contributed by atoms with van der Waals surface area (Å²) in [5.41, 5.74) is 0.0270. The Morgan fingerprint density at radius 2 is 1.95 bits per heavy atom. The molecule has 1 aliphatic carbocycles. The predicted octanol–water partition coefficient (Wildman–Crippen LogP) is 2.47. The lowest BCUT2D eigenvalue weighted by atomic mass is 9.85. The zero-order valence-electron chi connectivity index (χ0n) is 11.1. The lowest BCUT2D eigenvalue weighted by molar-refractivity contribution is -0.132. The average Bonchev–Trinajstić information content (AvgIpc) is 3.27. The highest BCUT2D eigenvalue weighted by Gasteiger charge is 2.59. The predicted molar refractivity (Wildman–Crippen MR) is 76.4 cm³/mol. The molecule has 1 atom stereocenters. The van der Waals surface area contributed by atoms with E-state index >= 15 is 0 Å². The average molecular weight is 293 g/mol. The van der Waals surface area contributed by atoms with Gasteiger partial charge in [-0.25, -0.2) is 4.79 Å². The molecule has 0 aromatic heterocycles. The monoisotopic (exact) mass is 292 g/mol. The van der Waals surface area contributed by atoms with E-state index in [0.717, 1.165) is 18.4 Å². The Balaban J connectivity index is 1.96. The summed E-state index contributed by atoms with van der Waals surface area (Å²) in [5, 5.41) is 2.95. The van der Waals surface area contributed by atoms with Crippen LogP contribution in [-0.4, -0.2) is 29.3 Å². The Hall–Kier alpha value is -1.55. The minimum Gasteiger partial charge on any atom is -0.319 e. The molecule has 1 saturated heterocycles. The van der Waals surface area contributed by atoms with Crippen LogP contribution in [0.4, 0.5) is 4.79 Å². The zero-order chi connectivity index (χ0) is 14.2. The molecular formula is C15H17ClN2O2. The van der Waals surface area contributed by atoms with E-state index in [2.05, 4.69) is 5.32 Å². The maximum Gasteiger partial charge on any atom is 0.325 e. The molecule has 0 radical (unpaired) electrons. The van der Waals surface area contributed by atoms with Gasteiger partial charge in [0.15, 0.2) is 0 Å². The Morgan fingerprint density at radius 3 is 2.55 bits per heavy atom. The van der Waals surface area contributed by atoms with Gasteiger partial charge in [0.1, 0.15) is 5.54 Å². The van der Waals surface area contributed by atoms with Gasteiger partial charge in [-0.3, -0.25) is 9.69 Å². The van der Waals surface area contributed by atoms with Crippen molar-refractivity contribution in [2.24, 2.45) is 5.92 Å². The second-order valence-corrected chi connectivity index (χ2v) is 5.76. The maximum atomic E-state index is 12.8. The number of nitrogens with zero attached hydrogens (tertiary/aromatic N) is 1. The molecule has 106 valence electrons. The minimum absolute atomic E-state index is 0.124. The molecule has 1 saturated carbocycles. The van der Waals surface area contributed by atoms with Crippen molar-refractivity contribution in [3.8, 4) is 0 Å². The summed E-state index contributed by atoms with van der Waals surface area (Å²) in [6.45, 7) is 0.384. The molecule has 2 fully saturated rings. The number of halogens is 1. The molecule has 0 bridgehead atoms. The summed E-state index contributed by atoms with van der Waals surface area (Å²) >= 11 is 5.67. The van der Waals surface area contributed by atoms with Crippen molar-refractivity contribution in [1.82, 2.24) is 10.2 Å². The van der Waals surface area contributed by atoms with Gasteiger partial charge >= 0.3 is 6.03 Å². The van der Waals surface area contributed by atoms with Crippen LogP contribution in [0.2, 0.25) is 0 Å². The molecule has 1 unspecified atom stereocenters. The molecular weight excluding hydrogens is 276 g/mol. The number of rotatable bonds is 5. The Bertz CT molecular complexity index is 530. The number of carbonyl (C=O) groups excluding carboxylic acids is 2.